The van der Waals surface area contributed by atoms with E-state index >= 15 is 0 Å². The van der Waals surface area contributed by atoms with Crippen LogP contribution in [0, 0.1) is 0 Å². The third kappa shape index (κ3) is 2.92. The molecule has 0 heterocycles. The minimum absolute atomic E-state index is 0.349. The van der Waals surface area contributed by atoms with E-state index < -0.39 is 10.0 Å². The highest BCUT2D eigenvalue weighted by Crippen LogP contribution is 2.22. The van der Waals surface area contributed by atoms with Crippen molar-refractivity contribution in [3.63, 3.8) is 0 Å². The monoisotopic (exact) mass is 289 g/mol. The summed E-state index contributed by atoms with van der Waals surface area (Å²) in [5.41, 5.74) is 0. The van der Waals surface area contributed by atoms with Gasteiger partial charge in [0, 0.05) is 13.1 Å². The maximum atomic E-state index is 12.6. The van der Waals surface area contributed by atoms with Crippen molar-refractivity contribution in [2.75, 3.05) is 13.1 Å². The van der Waals surface area contributed by atoms with Gasteiger partial charge in [-0.2, -0.15) is 4.31 Å². The molecule has 0 spiro atoms. The van der Waals surface area contributed by atoms with E-state index in [1.54, 1.807) is 18.2 Å². The molecule has 0 bridgehead atoms. The maximum absolute atomic E-state index is 12.6. The maximum Gasteiger partial charge on any atom is 0.243 e. The van der Waals surface area contributed by atoms with Gasteiger partial charge in [-0.3, -0.25) is 0 Å². The third-order valence-corrected chi connectivity index (χ3v) is 5.26. The summed E-state index contributed by atoms with van der Waals surface area (Å²) in [6, 6.07) is 13.0. The lowest BCUT2D eigenvalue weighted by molar-refractivity contribution is 0.434. The van der Waals surface area contributed by atoms with Gasteiger partial charge in [-0.15, -0.1) is 6.58 Å². The van der Waals surface area contributed by atoms with Gasteiger partial charge in [-0.1, -0.05) is 43.3 Å². The van der Waals surface area contributed by atoms with Gasteiger partial charge in [-0.05, 0) is 29.3 Å². The van der Waals surface area contributed by atoms with Gasteiger partial charge in [0.25, 0.3) is 0 Å². The molecule has 0 atom stereocenters. The van der Waals surface area contributed by atoms with Crippen molar-refractivity contribution in [2.24, 2.45) is 0 Å². The molecule has 3 nitrogen and oxygen atoms in total. The van der Waals surface area contributed by atoms with E-state index in [4.69, 9.17) is 0 Å². The molecular formula is C16H19NO2S. The van der Waals surface area contributed by atoms with Gasteiger partial charge in [0.05, 0.1) is 4.90 Å². The second-order valence-electron chi connectivity index (χ2n) is 4.58. The van der Waals surface area contributed by atoms with Crippen LogP contribution in [0.15, 0.2) is 60.0 Å². The summed E-state index contributed by atoms with van der Waals surface area (Å²) in [6.45, 7) is 6.42. The van der Waals surface area contributed by atoms with Crippen LogP contribution < -0.4 is 0 Å². The smallest absolute Gasteiger partial charge is 0.207 e. The van der Waals surface area contributed by atoms with Gasteiger partial charge in [-0.25, -0.2) is 8.42 Å². The number of rotatable bonds is 6. The fraction of sp³-hybridized carbons (Fsp3) is 0.250. The van der Waals surface area contributed by atoms with Gasteiger partial charge in [0.1, 0.15) is 0 Å². The van der Waals surface area contributed by atoms with Crippen LogP contribution in [-0.2, 0) is 10.0 Å². The molecule has 2 aromatic carbocycles. The first-order valence-electron chi connectivity index (χ1n) is 6.69. The topological polar surface area (TPSA) is 37.4 Å². The first-order chi connectivity index (χ1) is 9.59. The summed E-state index contributed by atoms with van der Waals surface area (Å²) in [7, 11) is -3.43. The van der Waals surface area contributed by atoms with E-state index in [-0.39, 0.29) is 0 Å². The van der Waals surface area contributed by atoms with Crippen molar-refractivity contribution in [1.29, 1.82) is 0 Å². The average Bonchev–Trinajstić information content (AvgIpc) is 2.47. The van der Waals surface area contributed by atoms with Crippen molar-refractivity contribution in [2.45, 2.75) is 18.2 Å². The van der Waals surface area contributed by atoms with E-state index in [1.807, 2.05) is 37.3 Å². The Morgan fingerprint density at radius 3 is 2.50 bits per heavy atom. The predicted octanol–water partition coefficient (Wildman–Crippen LogP) is 3.43. The zero-order valence-corrected chi connectivity index (χ0v) is 12.4. The molecule has 0 aromatic heterocycles. The molecule has 2 rings (SSSR count). The van der Waals surface area contributed by atoms with Gasteiger partial charge in [0.2, 0.25) is 10.0 Å². The van der Waals surface area contributed by atoms with Gasteiger partial charge >= 0.3 is 0 Å². The quantitative estimate of drug-likeness (QED) is 0.764. The Morgan fingerprint density at radius 1 is 1.15 bits per heavy atom. The molecule has 0 aliphatic carbocycles. The molecule has 0 fully saturated rings. The highest BCUT2D eigenvalue weighted by Gasteiger charge is 2.22. The van der Waals surface area contributed by atoms with Crippen LogP contribution in [0.3, 0.4) is 0 Å². The first-order valence-corrected chi connectivity index (χ1v) is 8.13. The van der Waals surface area contributed by atoms with Crippen molar-refractivity contribution in [3.05, 3.63) is 55.1 Å². The predicted molar refractivity (Wildman–Crippen MR) is 83.2 cm³/mol. The fourth-order valence-corrected chi connectivity index (χ4v) is 3.66. The highest BCUT2D eigenvalue weighted by atomic mass is 32.2. The lowest BCUT2D eigenvalue weighted by Crippen LogP contribution is -2.31. The number of hydrogen-bond acceptors (Lipinski definition) is 2. The zero-order chi connectivity index (χ0) is 14.6. The Bertz CT molecular complexity index is 707. The van der Waals surface area contributed by atoms with Gasteiger partial charge < -0.3 is 0 Å². The fourth-order valence-electron chi connectivity index (χ4n) is 2.16. The standard InChI is InChI=1S/C16H19NO2S/c1-3-5-12-17(4-2)20(18,19)16-11-10-14-8-6-7-9-15(14)13-16/h3,6-11,13H,1,4-5,12H2,2H3. The van der Waals surface area contributed by atoms with E-state index in [1.165, 1.54) is 4.31 Å². The number of fused-ring (bicyclic) bond motifs is 1. The summed E-state index contributed by atoms with van der Waals surface area (Å²) in [6.07, 6.45) is 2.39. The molecule has 0 amide bonds. The Hall–Kier alpha value is -1.65. The lowest BCUT2D eigenvalue weighted by Gasteiger charge is -2.20. The summed E-state index contributed by atoms with van der Waals surface area (Å²) >= 11 is 0. The Labute approximate surface area is 120 Å². The summed E-state index contributed by atoms with van der Waals surface area (Å²) in [4.78, 5) is 0.349. The van der Waals surface area contributed by atoms with E-state index in [9.17, 15) is 8.42 Å². The van der Waals surface area contributed by atoms with Crippen LogP contribution in [0.1, 0.15) is 13.3 Å². The molecule has 0 saturated carbocycles. The molecular weight excluding hydrogens is 270 g/mol. The van der Waals surface area contributed by atoms with Crippen molar-refractivity contribution in [3.8, 4) is 0 Å². The molecule has 4 heteroatoms. The third-order valence-electron chi connectivity index (χ3n) is 3.29. The molecule has 0 radical (unpaired) electrons. The second kappa shape index (κ2) is 6.20. The summed E-state index contributed by atoms with van der Waals surface area (Å²) < 4.78 is 26.7. The molecule has 0 aliphatic heterocycles. The zero-order valence-electron chi connectivity index (χ0n) is 11.6. The molecule has 0 unspecified atom stereocenters. The van der Waals surface area contributed by atoms with Crippen molar-refractivity contribution >= 4 is 20.8 Å². The van der Waals surface area contributed by atoms with Crippen LogP contribution in [0.5, 0.6) is 0 Å². The second-order valence-corrected chi connectivity index (χ2v) is 6.52. The van der Waals surface area contributed by atoms with E-state index in [0.717, 1.165) is 10.8 Å². The van der Waals surface area contributed by atoms with Gasteiger partial charge in [0.15, 0.2) is 0 Å². The Kier molecular flexibility index (Phi) is 4.57. The Balaban J connectivity index is 2.42. The van der Waals surface area contributed by atoms with E-state index in [2.05, 4.69) is 6.58 Å². The Morgan fingerprint density at radius 2 is 1.85 bits per heavy atom. The van der Waals surface area contributed by atoms with Crippen LogP contribution in [-0.4, -0.2) is 25.8 Å². The van der Waals surface area contributed by atoms with E-state index in [0.29, 0.717) is 24.4 Å². The normalized spacial score (nSPS) is 11.9. The molecule has 106 valence electrons. The number of sulfonamides is 1. The lowest BCUT2D eigenvalue weighted by atomic mass is 10.1. The highest BCUT2D eigenvalue weighted by molar-refractivity contribution is 7.89. The molecule has 0 saturated heterocycles. The summed E-state index contributed by atoms with van der Waals surface area (Å²) in [5, 5.41) is 1.98. The molecule has 0 aliphatic rings. The number of benzene rings is 2. The van der Waals surface area contributed by atoms with Crippen molar-refractivity contribution in [1.82, 2.24) is 4.31 Å². The average molecular weight is 289 g/mol. The largest absolute Gasteiger partial charge is 0.243 e. The molecule has 0 N–H and O–H groups in total. The van der Waals surface area contributed by atoms with Crippen LogP contribution in [0.2, 0.25) is 0 Å². The first kappa shape index (κ1) is 14.8. The van der Waals surface area contributed by atoms with Crippen molar-refractivity contribution < 1.29 is 8.42 Å². The SMILES string of the molecule is C=CCCN(CC)S(=O)(=O)c1ccc2ccccc2c1. The van der Waals surface area contributed by atoms with Crippen LogP contribution in [0.4, 0.5) is 0 Å². The van der Waals surface area contributed by atoms with Crippen LogP contribution in [0.25, 0.3) is 10.8 Å². The minimum atomic E-state index is -3.43. The number of hydrogen-bond donors (Lipinski definition) is 0. The minimum Gasteiger partial charge on any atom is -0.207 e. The molecule has 20 heavy (non-hydrogen) atoms. The molecule has 2 aromatic rings. The van der Waals surface area contributed by atoms with Crippen LogP contribution >= 0.6 is 0 Å². The number of nitrogens with zero attached hydrogens (tertiary/aromatic N) is 1. The summed E-state index contributed by atoms with van der Waals surface area (Å²) in [5.74, 6) is 0.